The second-order valence-electron chi connectivity index (χ2n) is 3.15. The molecule has 9 nitrogen and oxygen atoms in total. The predicted molar refractivity (Wildman–Crippen MR) is 51.8 cm³/mol. The molecular weight excluding hydrogens is 252 g/mol. The largest absolute Gasteiger partial charge is 0.481 e. The number of aliphatic carboxylic acids is 2. The molecule has 0 aliphatic carbocycles. The predicted octanol–water partition coefficient (Wildman–Crippen LogP) is -1.15. The van der Waals surface area contributed by atoms with E-state index in [1.54, 1.807) is 0 Å². The first kappa shape index (κ1) is 15.6. The molecule has 0 amide bonds. The van der Waals surface area contributed by atoms with Crippen molar-refractivity contribution < 1.29 is 44.3 Å². The van der Waals surface area contributed by atoms with Crippen LogP contribution in [0.4, 0.5) is 0 Å². The molecule has 0 radical (unpaired) electrons. The summed E-state index contributed by atoms with van der Waals surface area (Å²) in [4.78, 5) is 50.2. The highest BCUT2D eigenvalue weighted by Crippen LogP contribution is 2.17. The first-order valence-electron chi connectivity index (χ1n) is 4.42. The third-order valence-electron chi connectivity index (χ3n) is 1.66. The first-order valence-corrected chi connectivity index (χ1v) is 4.42. The summed E-state index contributed by atoms with van der Waals surface area (Å²) >= 11 is 0. The Morgan fingerprint density at radius 3 is 2.06 bits per heavy atom. The SMILES string of the molecule is C=CC(=O)OOC(=O)CC(O)(CC(=O)O)C(=O)O. The zero-order valence-electron chi connectivity index (χ0n) is 8.99. The molecule has 0 bridgehead atoms. The second kappa shape index (κ2) is 6.35. The van der Waals surface area contributed by atoms with E-state index >= 15 is 0 Å². The van der Waals surface area contributed by atoms with Gasteiger partial charge in [0.05, 0.1) is 12.8 Å². The van der Waals surface area contributed by atoms with E-state index in [2.05, 4.69) is 16.4 Å². The molecule has 0 spiro atoms. The molecule has 0 aliphatic heterocycles. The Morgan fingerprint density at radius 2 is 1.67 bits per heavy atom. The van der Waals surface area contributed by atoms with Crippen LogP contribution in [0.2, 0.25) is 0 Å². The zero-order valence-corrected chi connectivity index (χ0v) is 8.99. The van der Waals surface area contributed by atoms with Gasteiger partial charge in [-0.25, -0.2) is 24.2 Å². The third kappa shape index (κ3) is 5.07. The summed E-state index contributed by atoms with van der Waals surface area (Å²) in [7, 11) is 0. The summed E-state index contributed by atoms with van der Waals surface area (Å²) in [6.07, 6.45) is -1.74. The molecule has 1 atom stereocenters. The van der Waals surface area contributed by atoms with Crippen LogP contribution < -0.4 is 0 Å². The smallest absolute Gasteiger partial charge is 0.378 e. The highest BCUT2D eigenvalue weighted by Gasteiger charge is 2.42. The minimum absolute atomic E-state index is 0.675. The Balaban J connectivity index is 4.55. The number of carboxylic acids is 2. The summed E-state index contributed by atoms with van der Waals surface area (Å²) < 4.78 is 0. The number of carbonyl (C=O) groups is 4. The molecule has 18 heavy (non-hydrogen) atoms. The van der Waals surface area contributed by atoms with Crippen LogP contribution in [0.3, 0.4) is 0 Å². The fourth-order valence-corrected chi connectivity index (χ4v) is 0.854. The van der Waals surface area contributed by atoms with Gasteiger partial charge >= 0.3 is 23.9 Å². The van der Waals surface area contributed by atoms with Crippen LogP contribution >= 0.6 is 0 Å². The summed E-state index contributed by atoms with van der Waals surface area (Å²) in [6, 6.07) is 0. The Bertz CT molecular complexity index is 385. The quantitative estimate of drug-likeness (QED) is 0.306. The van der Waals surface area contributed by atoms with Gasteiger partial charge in [-0.2, -0.15) is 0 Å². The van der Waals surface area contributed by atoms with Crippen LogP contribution in [0, 0.1) is 0 Å². The molecule has 100 valence electrons. The van der Waals surface area contributed by atoms with Crippen molar-refractivity contribution in [2.45, 2.75) is 18.4 Å². The maximum absolute atomic E-state index is 11.0. The molecular formula is C9H10O9. The van der Waals surface area contributed by atoms with Crippen molar-refractivity contribution in [1.29, 1.82) is 0 Å². The average Bonchev–Trinajstić information content (AvgIpc) is 2.24. The van der Waals surface area contributed by atoms with Crippen molar-refractivity contribution in [3.05, 3.63) is 12.7 Å². The highest BCUT2D eigenvalue weighted by molar-refractivity contribution is 5.88. The van der Waals surface area contributed by atoms with Crippen molar-refractivity contribution in [2.75, 3.05) is 0 Å². The van der Waals surface area contributed by atoms with Gasteiger partial charge in [0.25, 0.3) is 0 Å². The lowest BCUT2D eigenvalue weighted by Crippen LogP contribution is -2.43. The lowest BCUT2D eigenvalue weighted by Gasteiger charge is -2.19. The average molecular weight is 262 g/mol. The summed E-state index contributed by atoms with van der Waals surface area (Å²) in [5.41, 5.74) is -2.84. The Kier molecular flexibility index (Phi) is 5.49. The van der Waals surface area contributed by atoms with Crippen LogP contribution in [0.1, 0.15) is 12.8 Å². The molecule has 9 heteroatoms. The van der Waals surface area contributed by atoms with Crippen molar-refractivity contribution in [2.24, 2.45) is 0 Å². The minimum Gasteiger partial charge on any atom is -0.481 e. The van der Waals surface area contributed by atoms with Crippen molar-refractivity contribution in [3.8, 4) is 0 Å². The first-order chi connectivity index (χ1) is 8.21. The number of carboxylic acid groups (broad SMARTS) is 2. The van der Waals surface area contributed by atoms with Crippen LogP contribution in [-0.4, -0.2) is 44.8 Å². The number of rotatable bonds is 6. The fourth-order valence-electron chi connectivity index (χ4n) is 0.854. The molecule has 0 rings (SSSR count). The van der Waals surface area contributed by atoms with Crippen LogP contribution in [0.25, 0.3) is 0 Å². The normalized spacial score (nSPS) is 12.9. The standard InChI is InChI=1S/C9H10O9/c1-2-6(12)17-18-7(13)4-9(16,8(14)15)3-5(10)11/h2,16H,1,3-4H2,(H,10,11)(H,14,15). The maximum Gasteiger partial charge on any atom is 0.378 e. The lowest BCUT2D eigenvalue weighted by atomic mass is 9.96. The van der Waals surface area contributed by atoms with Gasteiger partial charge in [0, 0.05) is 6.08 Å². The van der Waals surface area contributed by atoms with Crippen molar-refractivity contribution in [1.82, 2.24) is 0 Å². The van der Waals surface area contributed by atoms with E-state index in [4.69, 9.17) is 10.2 Å². The number of carbonyl (C=O) groups excluding carboxylic acids is 2. The van der Waals surface area contributed by atoms with E-state index in [0.717, 1.165) is 0 Å². The van der Waals surface area contributed by atoms with E-state index in [0.29, 0.717) is 6.08 Å². The van der Waals surface area contributed by atoms with E-state index < -0.39 is 42.3 Å². The van der Waals surface area contributed by atoms with Crippen molar-refractivity contribution >= 4 is 23.9 Å². The molecule has 0 saturated heterocycles. The summed E-state index contributed by atoms with van der Waals surface area (Å²) in [5.74, 6) is -6.08. The number of hydrogen-bond acceptors (Lipinski definition) is 7. The van der Waals surface area contributed by atoms with Gasteiger partial charge in [0.2, 0.25) is 0 Å². The zero-order chi connectivity index (χ0) is 14.3. The van der Waals surface area contributed by atoms with Gasteiger partial charge in [0.15, 0.2) is 5.60 Å². The summed E-state index contributed by atoms with van der Waals surface area (Å²) in [5, 5.41) is 26.4. The molecule has 0 aliphatic rings. The van der Waals surface area contributed by atoms with E-state index in [1.807, 2.05) is 0 Å². The molecule has 0 aromatic heterocycles. The molecule has 0 aromatic rings. The van der Waals surface area contributed by atoms with E-state index in [-0.39, 0.29) is 0 Å². The van der Waals surface area contributed by atoms with Gasteiger partial charge in [-0.1, -0.05) is 6.58 Å². The topological polar surface area (TPSA) is 147 Å². The van der Waals surface area contributed by atoms with Gasteiger partial charge in [0.1, 0.15) is 0 Å². The molecule has 0 aromatic carbocycles. The molecule has 0 fully saturated rings. The Labute approximate surface area is 100 Å². The Hall–Kier alpha value is -2.42. The Morgan fingerprint density at radius 1 is 1.11 bits per heavy atom. The van der Waals surface area contributed by atoms with Crippen molar-refractivity contribution in [3.63, 3.8) is 0 Å². The lowest BCUT2D eigenvalue weighted by molar-refractivity contribution is -0.257. The van der Waals surface area contributed by atoms with Crippen LogP contribution in [-0.2, 0) is 29.0 Å². The third-order valence-corrected chi connectivity index (χ3v) is 1.66. The fraction of sp³-hybridized carbons (Fsp3) is 0.333. The second-order valence-corrected chi connectivity index (χ2v) is 3.15. The molecule has 0 heterocycles. The highest BCUT2D eigenvalue weighted by atomic mass is 17.2. The minimum atomic E-state index is -2.84. The molecule has 1 unspecified atom stereocenters. The van der Waals surface area contributed by atoms with Gasteiger partial charge in [-0.3, -0.25) is 4.79 Å². The number of aliphatic hydroxyl groups is 1. The van der Waals surface area contributed by atoms with Crippen LogP contribution in [0.15, 0.2) is 12.7 Å². The van der Waals surface area contributed by atoms with Gasteiger partial charge < -0.3 is 15.3 Å². The molecule has 3 N–H and O–H groups in total. The molecule has 0 saturated carbocycles. The summed E-state index contributed by atoms with van der Waals surface area (Å²) in [6.45, 7) is 2.99. The number of hydrogen-bond donors (Lipinski definition) is 3. The van der Waals surface area contributed by atoms with Gasteiger partial charge in [-0.15, -0.1) is 0 Å². The van der Waals surface area contributed by atoms with Crippen LogP contribution in [0.5, 0.6) is 0 Å². The van der Waals surface area contributed by atoms with Gasteiger partial charge in [-0.05, 0) is 0 Å². The maximum atomic E-state index is 11.0. The monoisotopic (exact) mass is 262 g/mol. The van der Waals surface area contributed by atoms with E-state index in [9.17, 15) is 24.3 Å². The van der Waals surface area contributed by atoms with E-state index in [1.165, 1.54) is 0 Å².